The molecule has 0 aliphatic heterocycles. The lowest BCUT2D eigenvalue weighted by Gasteiger charge is -2.09. The predicted octanol–water partition coefficient (Wildman–Crippen LogP) is 2.84. The van der Waals surface area contributed by atoms with E-state index in [0.717, 1.165) is 4.47 Å². The van der Waals surface area contributed by atoms with E-state index >= 15 is 0 Å². The normalized spacial score (nSPS) is 10.1. The first-order chi connectivity index (χ1) is 9.66. The highest BCUT2D eigenvalue weighted by atomic mass is 79.9. The summed E-state index contributed by atoms with van der Waals surface area (Å²) in [6.45, 7) is 0.814. The van der Waals surface area contributed by atoms with Gasteiger partial charge >= 0.3 is 0 Å². The summed E-state index contributed by atoms with van der Waals surface area (Å²) in [6.07, 6.45) is 0. The number of anilines is 1. The number of nitrogen functional groups attached to an aromatic ring is 1. The van der Waals surface area contributed by atoms with Gasteiger partial charge in [-0.25, -0.2) is 0 Å². The second-order valence-corrected chi connectivity index (χ2v) is 5.01. The van der Waals surface area contributed by atoms with Crippen molar-refractivity contribution >= 4 is 27.5 Å². The zero-order chi connectivity index (χ0) is 14.4. The summed E-state index contributed by atoms with van der Waals surface area (Å²) in [5.41, 5.74) is 6.91. The number of hydrogen-bond donors (Lipinski definition) is 2. The van der Waals surface area contributed by atoms with E-state index in [4.69, 9.17) is 10.5 Å². The second kappa shape index (κ2) is 6.96. The van der Waals surface area contributed by atoms with E-state index in [1.165, 1.54) is 0 Å². The predicted molar refractivity (Wildman–Crippen MR) is 82.8 cm³/mol. The molecule has 0 spiro atoms. The fourth-order valence-electron chi connectivity index (χ4n) is 1.68. The maximum Gasteiger partial charge on any atom is 0.252 e. The Morgan fingerprint density at radius 3 is 2.75 bits per heavy atom. The smallest absolute Gasteiger partial charge is 0.252 e. The third kappa shape index (κ3) is 3.99. The number of ether oxygens (including phenoxy) is 1. The highest BCUT2D eigenvalue weighted by molar-refractivity contribution is 9.10. The van der Waals surface area contributed by atoms with Gasteiger partial charge in [-0.2, -0.15) is 0 Å². The first kappa shape index (κ1) is 14.4. The molecule has 0 saturated heterocycles. The van der Waals surface area contributed by atoms with E-state index in [1.807, 2.05) is 30.3 Å². The Kier molecular flexibility index (Phi) is 5.01. The van der Waals surface area contributed by atoms with Crippen molar-refractivity contribution in [3.05, 3.63) is 58.6 Å². The molecule has 0 aromatic heterocycles. The third-order valence-electron chi connectivity index (χ3n) is 2.63. The molecule has 2 aromatic rings. The fourth-order valence-corrected chi connectivity index (χ4v) is 2.14. The molecule has 20 heavy (non-hydrogen) atoms. The van der Waals surface area contributed by atoms with Crippen LogP contribution in [0.4, 0.5) is 5.69 Å². The average Bonchev–Trinajstić information content (AvgIpc) is 2.44. The minimum Gasteiger partial charge on any atom is -0.492 e. The molecular weight excluding hydrogens is 320 g/mol. The molecule has 0 unspecified atom stereocenters. The Labute approximate surface area is 126 Å². The molecule has 0 fully saturated rings. The molecule has 2 rings (SSSR count). The first-order valence-corrected chi connectivity index (χ1v) is 6.97. The number of hydrogen-bond acceptors (Lipinski definition) is 3. The fraction of sp³-hybridized carbons (Fsp3) is 0.133. The van der Waals surface area contributed by atoms with Crippen molar-refractivity contribution in [2.24, 2.45) is 0 Å². The van der Waals surface area contributed by atoms with Crippen molar-refractivity contribution in [2.75, 3.05) is 18.9 Å². The van der Waals surface area contributed by atoms with Gasteiger partial charge in [-0.1, -0.05) is 18.2 Å². The summed E-state index contributed by atoms with van der Waals surface area (Å²) in [6, 6.07) is 14.5. The van der Waals surface area contributed by atoms with Crippen molar-refractivity contribution in [1.82, 2.24) is 5.32 Å². The average molecular weight is 335 g/mol. The van der Waals surface area contributed by atoms with Crippen LogP contribution in [-0.2, 0) is 0 Å². The largest absolute Gasteiger partial charge is 0.492 e. The summed E-state index contributed by atoms with van der Waals surface area (Å²) in [7, 11) is 0. The van der Waals surface area contributed by atoms with Gasteiger partial charge in [-0.3, -0.25) is 4.79 Å². The van der Waals surface area contributed by atoms with E-state index < -0.39 is 0 Å². The monoisotopic (exact) mass is 334 g/mol. The standard InChI is InChI=1S/C15H15BrN2O2/c16-14-7-2-1-6-13(14)15(19)18-8-9-20-12-5-3-4-11(17)10-12/h1-7,10H,8-9,17H2,(H,18,19). The van der Waals surface area contributed by atoms with Gasteiger partial charge < -0.3 is 15.8 Å². The minimum absolute atomic E-state index is 0.131. The number of carbonyl (C=O) groups excluding carboxylic acids is 1. The van der Waals surface area contributed by atoms with Crippen LogP contribution in [0.25, 0.3) is 0 Å². The maximum absolute atomic E-state index is 11.9. The molecule has 3 N–H and O–H groups in total. The molecule has 1 amide bonds. The number of benzene rings is 2. The van der Waals surface area contributed by atoms with Crippen molar-refractivity contribution in [1.29, 1.82) is 0 Å². The molecule has 104 valence electrons. The molecular formula is C15H15BrN2O2. The van der Waals surface area contributed by atoms with Crippen molar-refractivity contribution in [3.63, 3.8) is 0 Å². The van der Waals surface area contributed by atoms with Gasteiger partial charge in [0.15, 0.2) is 0 Å². The summed E-state index contributed by atoms with van der Waals surface area (Å²) in [4.78, 5) is 11.9. The Morgan fingerprint density at radius 2 is 2.00 bits per heavy atom. The molecule has 2 aromatic carbocycles. The number of carbonyl (C=O) groups is 1. The number of rotatable bonds is 5. The summed E-state index contributed by atoms with van der Waals surface area (Å²) >= 11 is 3.34. The van der Waals surface area contributed by atoms with Gasteiger partial charge in [0.25, 0.3) is 5.91 Å². The molecule has 0 radical (unpaired) electrons. The zero-order valence-electron chi connectivity index (χ0n) is 10.8. The van der Waals surface area contributed by atoms with E-state index in [0.29, 0.717) is 30.2 Å². The lowest BCUT2D eigenvalue weighted by atomic mass is 10.2. The SMILES string of the molecule is Nc1cccc(OCCNC(=O)c2ccccc2Br)c1. The molecule has 0 saturated carbocycles. The summed E-state index contributed by atoms with van der Waals surface area (Å²) in [5, 5.41) is 2.80. The third-order valence-corrected chi connectivity index (χ3v) is 3.32. The number of nitrogens with one attached hydrogen (secondary N) is 1. The van der Waals surface area contributed by atoms with Gasteiger partial charge in [0.1, 0.15) is 12.4 Å². The quantitative estimate of drug-likeness (QED) is 0.652. The first-order valence-electron chi connectivity index (χ1n) is 6.18. The van der Waals surface area contributed by atoms with Gasteiger partial charge in [0.05, 0.1) is 12.1 Å². The summed E-state index contributed by atoms with van der Waals surface area (Å²) in [5.74, 6) is 0.564. The van der Waals surface area contributed by atoms with Crippen molar-refractivity contribution in [2.45, 2.75) is 0 Å². The Hall–Kier alpha value is -2.01. The highest BCUT2D eigenvalue weighted by Crippen LogP contribution is 2.16. The van der Waals surface area contributed by atoms with Crippen LogP contribution in [0.2, 0.25) is 0 Å². The van der Waals surface area contributed by atoms with E-state index in [-0.39, 0.29) is 5.91 Å². The van der Waals surface area contributed by atoms with Crippen molar-refractivity contribution < 1.29 is 9.53 Å². The van der Waals surface area contributed by atoms with Crippen LogP contribution in [0, 0.1) is 0 Å². The van der Waals surface area contributed by atoms with Gasteiger partial charge in [-0.15, -0.1) is 0 Å². The topological polar surface area (TPSA) is 64.3 Å². The lowest BCUT2D eigenvalue weighted by Crippen LogP contribution is -2.28. The zero-order valence-corrected chi connectivity index (χ0v) is 12.4. The van der Waals surface area contributed by atoms with E-state index in [9.17, 15) is 4.79 Å². The van der Waals surface area contributed by atoms with Crippen LogP contribution in [0.5, 0.6) is 5.75 Å². The van der Waals surface area contributed by atoms with Crippen LogP contribution in [0.1, 0.15) is 10.4 Å². The number of nitrogens with two attached hydrogens (primary N) is 1. The number of halogens is 1. The Balaban J connectivity index is 1.79. The maximum atomic E-state index is 11.9. The molecule has 0 aliphatic carbocycles. The molecule has 4 nitrogen and oxygen atoms in total. The highest BCUT2D eigenvalue weighted by Gasteiger charge is 2.07. The van der Waals surface area contributed by atoms with Gasteiger partial charge in [0.2, 0.25) is 0 Å². The number of amides is 1. The van der Waals surface area contributed by atoms with Crippen LogP contribution >= 0.6 is 15.9 Å². The van der Waals surface area contributed by atoms with Crippen LogP contribution in [0.3, 0.4) is 0 Å². The van der Waals surface area contributed by atoms with E-state index in [2.05, 4.69) is 21.2 Å². The Morgan fingerprint density at radius 1 is 1.20 bits per heavy atom. The summed E-state index contributed by atoms with van der Waals surface area (Å²) < 4.78 is 6.27. The van der Waals surface area contributed by atoms with Crippen molar-refractivity contribution in [3.8, 4) is 5.75 Å². The molecule has 0 atom stereocenters. The van der Waals surface area contributed by atoms with Crippen LogP contribution in [-0.4, -0.2) is 19.1 Å². The van der Waals surface area contributed by atoms with Crippen LogP contribution < -0.4 is 15.8 Å². The molecule has 0 heterocycles. The second-order valence-electron chi connectivity index (χ2n) is 4.16. The lowest BCUT2D eigenvalue weighted by molar-refractivity contribution is 0.0946. The van der Waals surface area contributed by atoms with Gasteiger partial charge in [-0.05, 0) is 40.2 Å². The Bertz CT molecular complexity index is 602. The molecule has 0 aliphatic rings. The minimum atomic E-state index is -0.131. The van der Waals surface area contributed by atoms with Crippen LogP contribution in [0.15, 0.2) is 53.0 Å². The van der Waals surface area contributed by atoms with E-state index in [1.54, 1.807) is 18.2 Å². The van der Waals surface area contributed by atoms with Gasteiger partial charge in [0, 0.05) is 16.2 Å². The molecule has 5 heteroatoms. The molecule has 0 bridgehead atoms.